The van der Waals surface area contributed by atoms with E-state index in [1.165, 1.54) is 6.20 Å². The van der Waals surface area contributed by atoms with Gasteiger partial charge < -0.3 is 9.47 Å². The van der Waals surface area contributed by atoms with Crippen molar-refractivity contribution in [1.82, 2.24) is 15.0 Å². The van der Waals surface area contributed by atoms with Crippen molar-refractivity contribution < 1.29 is 14.3 Å². The summed E-state index contributed by atoms with van der Waals surface area (Å²) in [7, 11) is 0. The summed E-state index contributed by atoms with van der Waals surface area (Å²) in [5, 5.41) is 2.65. The minimum atomic E-state index is -0.305. The molecule has 0 aliphatic carbocycles. The zero-order valence-electron chi connectivity index (χ0n) is 12.2. The predicted octanol–water partition coefficient (Wildman–Crippen LogP) is 1.60. The maximum Gasteiger partial charge on any atom is 0.258 e. The summed E-state index contributed by atoms with van der Waals surface area (Å²) in [4.78, 5) is 24.5. The molecule has 2 aromatic heterocycles. The van der Waals surface area contributed by atoms with Crippen LogP contribution in [0.25, 0.3) is 0 Å². The van der Waals surface area contributed by atoms with Crippen molar-refractivity contribution in [2.75, 3.05) is 18.5 Å². The van der Waals surface area contributed by atoms with Crippen LogP contribution in [0.4, 0.5) is 5.95 Å². The van der Waals surface area contributed by atoms with Gasteiger partial charge in [0, 0.05) is 36.1 Å². The Morgan fingerprint density at radius 3 is 3.00 bits per heavy atom. The topological polar surface area (TPSA) is 86.2 Å². The first-order valence-corrected chi connectivity index (χ1v) is 7.02. The molecule has 0 saturated carbocycles. The highest BCUT2D eigenvalue weighted by Gasteiger charge is 2.18. The molecular formula is C15H16N4O3. The number of pyridine rings is 1. The number of amides is 1. The molecule has 0 spiro atoms. The van der Waals surface area contributed by atoms with Crippen LogP contribution in [0.1, 0.15) is 22.5 Å². The molecule has 22 heavy (non-hydrogen) atoms. The van der Waals surface area contributed by atoms with E-state index in [4.69, 9.17) is 9.47 Å². The van der Waals surface area contributed by atoms with Crippen LogP contribution in [0.2, 0.25) is 0 Å². The average molecular weight is 300 g/mol. The number of hydrogen-bond acceptors (Lipinski definition) is 6. The van der Waals surface area contributed by atoms with E-state index in [1.807, 2.05) is 6.92 Å². The van der Waals surface area contributed by atoms with Crippen molar-refractivity contribution in [3.63, 3.8) is 0 Å². The molecule has 0 bridgehead atoms. The van der Waals surface area contributed by atoms with Crippen LogP contribution in [0, 0.1) is 6.92 Å². The van der Waals surface area contributed by atoms with Gasteiger partial charge in [-0.1, -0.05) is 0 Å². The summed E-state index contributed by atoms with van der Waals surface area (Å²) < 4.78 is 10.9. The van der Waals surface area contributed by atoms with E-state index in [2.05, 4.69) is 20.3 Å². The monoisotopic (exact) mass is 300 g/mol. The number of anilines is 1. The van der Waals surface area contributed by atoms with E-state index < -0.39 is 0 Å². The Morgan fingerprint density at radius 1 is 1.36 bits per heavy atom. The Kier molecular flexibility index (Phi) is 4.24. The van der Waals surface area contributed by atoms with Gasteiger partial charge in [-0.25, -0.2) is 15.0 Å². The molecule has 3 rings (SSSR count). The smallest absolute Gasteiger partial charge is 0.258 e. The number of ether oxygens (including phenoxy) is 2. The standard InChI is InChI=1S/C15H16N4O3/c1-10-2-5-17-15(18-10)19-14(20)11-3-6-16-13(8-11)22-12-4-7-21-9-12/h2-3,5-6,8,12H,4,7,9H2,1H3,(H,17,18,19,20). The maximum atomic E-state index is 12.2. The number of hydrogen-bond donors (Lipinski definition) is 1. The lowest BCUT2D eigenvalue weighted by Gasteiger charge is -2.11. The van der Waals surface area contributed by atoms with Gasteiger partial charge in [0.2, 0.25) is 11.8 Å². The van der Waals surface area contributed by atoms with Crippen LogP contribution in [0.3, 0.4) is 0 Å². The predicted molar refractivity (Wildman–Crippen MR) is 78.8 cm³/mol. The summed E-state index contributed by atoms with van der Waals surface area (Å²) in [5.41, 5.74) is 1.22. The molecular weight excluding hydrogens is 284 g/mol. The number of carbonyl (C=O) groups excluding carboxylic acids is 1. The van der Waals surface area contributed by atoms with Crippen molar-refractivity contribution >= 4 is 11.9 Å². The quantitative estimate of drug-likeness (QED) is 0.923. The van der Waals surface area contributed by atoms with Crippen molar-refractivity contribution in [2.45, 2.75) is 19.4 Å². The SMILES string of the molecule is Cc1ccnc(NC(=O)c2ccnc(OC3CCOC3)c2)n1. The Balaban J connectivity index is 1.69. The van der Waals surface area contributed by atoms with Crippen molar-refractivity contribution in [2.24, 2.45) is 0 Å². The molecule has 0 radical (unpaired) electrons. The van der Waals surface area contributed by atoms with E-state index in [-0.39, 0.29) is 18.0 Å². The second-order valence-corrected chi connectivity index (χ2v) is 4.96. The molecule has 1 atom stereocenters. The molecule has 1 N–H and O–H groups in total. The lowest BCUT2D eigenvalue weighted by molar-refractivity contribution is 0.102. The zero-order chi connectivity index (χ0) is 15.4. The third-order valence-electron chi connectivity index (χ3n) is 3.19. The lowest BCUT2D eigenvalue weighted by atomic mass is 10.2. The molecule has 7 nitrogen and oxygen atoms in total. The van der Waals surface area contributed by atoms with Gasteiger partial charge in [-0.05, 0) is 19.1 Å². The van der Waals surface area contributed by atoms with E-state index in [0.717, 1.165) is 12.1 Å². The highest BCUT2D eigenvalue weighted by Crippen LogP contribution is 2.16. The first kappa shape index (κ1) is 14.4. The van der Waals surface area contributed by atoms with Gasteiger partial charge in [-0.2, -0.15) is 0 Å². The number of rotatable bonds is 4. The summed E-state index contributed by atoms with van der Waals surface area (Å²) in [5.74, 6) is 0.377. The number of aromatic nitrogens is 3. The second-order valence-electron chi connectivity index (χ2n) is 4.96. The van der Waals surface area contributed by atoms with E-state index >= 15 is 0 Å². The number of nitrogens with one attached hydrogen (secondary N) is 1. The Hall–Kier alpha value is -2.54. The van der Waals surface area contributed by atoms with E-state index in [9.17, 15) is 4.79 Å². The van der Waals surface area contributed by atoms with Gasteiger partial charge >= 0.3 is 0 Å². The minimum absolute atomic E-state index is 0.00841. The highest BCUT2D eigenvalue weighted by atomic mass is 16.5. The van der Waals surface area contributed by atoms with Crippen molar-refractivity contribution in [1.29, 1.82) is 0 Å². The molecule has 1 amide bonds. The summed E-state index contributed by atoms with van der Waals surface area (Å²) >= 11 is 0. The van der Waals surface area contributed by atoms with Crippen LogP contribution in [-0.2, 0) is 4.74 Å². The molecule has 1 aliphatic heterocycles. The van der Waals surface area contributed by atoms with Gasteiger partial charge in [-0.3, -0.25) is 10.1 Å². The van der Waals surface area contributed by atoms with Crippen LogP contribution >= 0.6 is 0 Å². The molecule has 1 aliphatic rings. The largest absolute Gasteiger partial charge is 0.472 e. The summed E-state index contributed by atoms with van der Waals surface area (Å²) in [6.45, 7) is 3.07. The van der Waals surface area contributed by atoms with E-state index in [0.29, 0.717) is 24.7 Å². The molecule has 3 heterocycles. The molecule has 114 valence electrons. The van der Waals surface area contributed by atoms with Crippen LogP contribution in [0.5, 0.6) is 5.88 Å². The number of carbonyl (C=O) groups is 1. The average Bonchev–Trinajstić information content (AvgIpc) is 3.00. The first-order chi connectivity index (χ1) is 10.7. The van der Waals surface area contributed by atoms with Crippen LogP contribution in [-0.4, -0.2) is 40.2 Å². The zero-order valence-corrected chi connectivity index (χ0v) is 12.2. The Morgan fingerprint density at radius 2 is 2.23 bits per heavy atom. The van der Waals surface area contributed by atoms with Gasteiger partial charge in [0.15, 0.2) is 0 Å². The lowest BCUT2D eigenvalue weighted by Crippen LogP contribution is -2.18. The minimum Gasteiger partial charge on any atom is -0.472 e. The fourth-order valence-electron chi connectivity index (χ4n) is 2.07. The summed E-state index contributed by atoms with van der Waals surface area (Å²) in [6, 6.07) is 4.98. The second kappa shape index (κ2) is 6.48. The van der Waals surface area contributed by atoms with Gasteiger partial charge in [0.05, 0.1) is 13.2 Å². The maximum absolute atomic E-state index is 12.2. The molecule has 1 unspecified atom stereocenters. The van der Waals surface area contributed by atoms with Crippen LogP contribution < -0.4 is 10.1 Å². The Bertz CT molecular complexity index is 671. The third-order valence-corrected chi connectivity index (χ3v) is 3.19. The number of nitrogens with zero attached hydrogens (tertiary/aromatic N) is 3. The van der Waals surface area contributed by atoms with Crippen molar-refractivity contribution in [3.8, 4) is 5.88 Å². The molecule has 1 saturated heterocycles. The molecule has 0 aromatic carbocycles. The van der Waals surface area contributed by atoms with Gasteiger partial charge in [0.1, 0.15) is 6.10 Å². The van der Waals surface area contributed by atoms with Crippen molar-refractivity contribution in [3.05, 3.63) is 41.9 Å². The van der Waals surface area contributed by atoms with E-state index in [1.54, 1.807) is 24.4 Å². The normalized spacial score (nSPS) is 17.2. The van der Waals surface area contributed by atoms with Crippen LogP contribution in [0.15, 0.2) is 30.6 Å². The third kappa shape index (κ3) is 3.56. The Labute approximate surface area is 127 Å². The fourth-order valence-corrected chi connectivity index (χ4v) is 2.07. The van der Waals surface area contributed by atoms with Gasteiger partial charge in [-0.15, -0.1) is 0 Å². The molecule has 2 aromatic rings. The number of aryl methyl sites for hydroxylation is 1. The fraction of sp³-hybridized carbons (Fsp3) is 0.333. The molecule has 1 fully saturated rings. The first-order valence-electron chi connectivity index (χ1n) is 7.02. The summed E-state index contributed by atoms with van der Waals surface area (Å²) in [6.07, 6.45) is 3.96. The highest BCUT2D eigenvalue weighted by molar-refractivity contribution is 6.03. The van der Waals surface area contributed by atoms with Gasteiger partial charge in [0.25, 0.3) is 5.91 Å². The molecule has 7 heteroatoms.